The normalized spacial score (nSPS) is 14.2. The maximum atomic E-state index is 13.0. The summed E-state index contributed by atoms with van der Waals surface area (Å²) in [7, 11) is 1.77. The zero-order chi connectivity index (χ0) is 14.8. The zero-order valence-corrected chi connectivity index (χ0v) is 11.4. The smallest absolute Gasteiger partial charge is 0.126 e. The van der Waals surface area contributed by atoms with Crippen LogP contribution >= 0.6 is 0 Å². The van der Waals surface area contributed by atoms with Crippen LogP contribution in [-0.4, -0.2) is 21.4 Å². The predicted molar refractivity (Wildman–Crippen MR) is 70.8 cm³/mol. The van der Waals surface area contributed by atoms with E-state index in [1.807, 2.05) is 0 Å². The molecule has 6 heteroatoms. The Bertz CT molecular complexity index is 576. The maximum absolute atomic E-state index is 13.0. The van der Waals surface area contributed by atoms with Crippen LogP contribution in [0.2, 0.25) is 0 Å². The van der Waals surface area contributed by atoms with E-state index in [9.17, 15) is 13.9 Å². The SMILES string of the molecule is Cn1cc(C(C)(O)CNCc2cc(F)cc(F)c2)cn1. The number of halogens is 2. The van der Waals surface area contributed by atoms with Gasteiger partial charge in [0, 0.05) is 38.0 Å². The van der Waals surface area contributed by atoms with Crippen molar-refractivity contribution in [1.29, 1.82) is 0 Å². The third-order valence-corrected chi connectivity index (χ3v) is 3.05. The molecule has 1 unspecified atom stereocenters. The van der Waals surface area contributed by atoms with E-state index in [0.29, 0.717) is 11.1 Å². The fourth-order valence-corrected chi connectivity index (χ4v) is 1.96. The number of aliphatic hydroxyl groups is 1. The van der Waals surface area contributed by atoms with Crippen molar-refractivity contribution in [2.45, 2.75) is 19.1 Å². The molecule has 108 valence electrons. The van der Waals surface area contributed by atoms with Crippen molar-refractivity contribution >= 4 is 0 Å². The van der Waals surface area contributed by atoms with Crippen LogP contribution in [0.4, 0.5) is 8.78 Å². The number of rotatable bonds is 5. The molecule has 4 nitrogen and oxygen atoms in total. The number of hydrogen-bond donors (Lipinski definition) is 2. The maximum Gasteiger partial charge on any atom is 0.126 e. The van der Waals surface area contributed by atoms with Crippen molar-refractivity contribution in [3.8, 4) is 0 Å². The first-order chi connectivity index (χ1) is 9.37. The molecule has 1 aromatic heterocycles. The summed E-state index contributed by atoms with van der Waals surface area (Å²) in [6.07, 6.45) is 3.31. The summed E-state index contributed by atoms with van der Waals surface area (Å²) in [4.78, 5) is 0. The minimum absolute atomic E-state index is 0.247. The van der Waals surface area contributed by atoms with Crippen LogP contribution in [0.3, 0.4) is 0 Å². The summed E-state index contributed by atoms with van der Waals surface area (Å²) < 4.78 is 27.7. The number of aryl methyl sites for hydroxylation is 1. The lowest BCUT2D eigenvalue weighted by Gasteiger charge is -2.22. The van der Waals surface area contributed by atoms with Crippen LogP contribution in [-0.2, 0) is 19.2 Å². The number of nitrogens with one attached hydrogen (secondary N) is 1. The van der Waals surface area contributed by atoms with Gasteiger partial charge < -0.3 is 10.4 Å². The van der Waals surface area contributed by atoms with Gasteiger partial charge in [-0.3, -0.25) is 4.68 Å². The van der Waals surface area contributed by atoms with Gasteiger partial charge in [-0.1, -0.05) is 0 Å². The Balaban J connectivity index is 1.95. The molecule has 0 saturated heterocycles. The molecular weight excluding hydrogens is 264 g/mol. The van der Waals surface area contributed by atoms with Gasteiger partial charge in [0.25, 0.3) is 0 Å². The molecule has 1 atom stereocenters. The highest BCUT2D eigenvalue weighted by atomic mass is 19.1. The number of aromatic nitrogens is 2. The highest BCUT2D eigenvalue weighted by Crippen LogP contribution is 2.18. The predicted octanol–water partition coefficient (Wildman–Crippen LogP) is 1.70. The molecule has 0 amide bonds. The minimum atomic E-state index is -1.10. The summed E-state index contributed by atoms with van der Waals surface area (Å²) in [5.41, 5.74) is 0.0718. The third kappa shape index (κ3) is 3.61. The highest BCUT2D eigenvalue weighted by Gasteiger charge is 2.24. The molecule has 0 radical (unpaired) electrons. The van der Waals surface area contributed by atoms with Gasteiger partial charge in [0.15, 0.2) is 0 Å². The van der Waals surface area contributed by atoms with E-state index in [1.165, 1.54) is 12.1 Å². The fraction of sp³-hybridized carbons (Fsp3) is 0.357. The van der Waals surface area contributed by atoms with E-state index in [4.69, 9.17) is 0 Å². The summed E-state index contributed by atoms with van der Waals surface area (Å²) in [5, 5.41) is 17.3. The highest BCUT2D eigenvalue weighted by molar-refractivity contribution is 5.18. The van der Waals surface area contributed by atoms with Crippen LogP contribution in [0.1, 0.15) is 18.1 Å². The van der Waals surface area contributed by atoms with Gasteiger partial charge in [0.2, 0.25) is 0 Å². The van der Waals surface area contributed by atoms with Crippen molar-refractivity contribution in [2.24, 2.45) is 7.05 Å². The summed E-state index contributed by atoms with van der Waals surface area (Å²) in [5.74, 6) is -1.22. The van der Waals surface area contributed by atoms with Gasteiger partial charge in [-0.2, -0.15) is 5.10 Å². The molecule has 1 aromatic carbocycles. The second-order valence-electron chi connectivity index (χ2n) is 5.06. The molecule has 0 aliphatic carbocycles. The van der Waals surface area contributed by atoms with Crippen LogP contribution in [0, 0.1) is 11.6 Å². The molecule has 0 spiro atoms. The molecule has 0 fully saturated rings. The van der Waals surface area contributed by atoms with Crippen molar-refractivity contribution in [3.05, 3.63) is 53.4 Å². The first-order valence-electron chi connectivity index (χ1n) is 6.24. The lowest BCUT2D eigenvalue weighted by Crippen LogP contribution is -2.34. The lowest BCUT2D eigenvalue weighted by atomic mass is 9.99. The number of nitrogens with zero attached hydrogens (tertiary/aromatic N) is 2. The topological polar surface area (TPSA) is 50.1 Å². The fourth-order valence-electron chi connectivity index (χ4n) is 1.96. The van der Waals surface area contributed by atoms with Gasteiger partial charge in [0.05, 0.1) is 6.20 Å². The van der Waals surface area contributed by atoms with Crippen LogP contribution in [0.15, 0.2) is 30.6 Å². The van der Waals surface area contributed by atoms with Gasteiger partial charge in [-0.05, 0) is 24.6 Å². The van der Waals surface area contributed by atoms with E-state index in [2.05, 4.69) is 10.4 Å². The van der Waals surface area contributed by atoms with Gasteiger partial charge in [-0.15, -0.1) is 0 Å². The Labute approximate surface area is 116 Å². The molecular formula is C14H17F2N3O. The molecule has 0 aliphatic heterocycles. The largest absolute Gasteiger partial charge is 0.384 e. The van der Waals surface area contributed by atoms with Crippen molar-refractivity contribution in [1.82, 2.24) is 15.1 Å². The molecule has 0 saturated carbocycles. The third-order valence-electron chi connectivity index (χ3n) is 3.05. The Hall–Kier alpha value is -1.79. The Morgan fingerprint density at radius 3 is 2.50 bits per heavy atom. The standard InChI is InChI=1S/C14H17F2N3O/c1-14(20,11-7-18-19(2)8-11)9-17-6-10-3-12(15)5-13(16)4-10/h3-5,7-8,17,20H,6,9H2,1-2H3. The van der Waals surface area contributed by atoms with E-state index in [-0.39, 0.29) is 13.1 Å². The Morgan fingerprint density at radius 1 is 1.30 bits per heavy atom. The van der Waals surface area contributed by atoms with E-state index in [1.54, 1.807) is 31.0 Å². The number of hydrogen-bond acceptors (Lipinski definition) is 3. The summed E-state index contributed by atoms with van der Waals surface area (Å²) in [6.45, 7) is 2.17. The monoisotopic (exact) mass is 281 g/mol. The Morgan fingerprint density at radius 2 is 1.95 bits per heavy atom. The van der Waals surface area contributed by atoms with Crippen LogP contribution < -0.4 is 5.32 Å². The second-order valence-corrected chi connectivity index (χ2v) is 5.06. The molecule has 20 heavy (non-hydrogen) atoms. The molecule has 1 heterocycles. The average molecular weight is 281 g/mol. The van der Waals surface area contributed by atoms with Crippen molar-refractivity contribution in [3.63, 3.8) is 0 Å². The van der Waals surface area contributed by atoms with Crippen molar-refractivity contribution in [2.75, 3.05) is 6.54 Å². The molecule has 0 aliphatic rings. The summed E-state index contributed by atoms with van der Waals surface area (Å²) in [6, 6.07) is 3.35. The van der Waals surface area contributed by atoms with E-state index >= 15 is 0 Å². The molecule has 0 bridgehead atoms. The zero-order valence-electron chi connectivity index (χ0n) is 11.4. The van der Waals surface area contributed by atoms with Gasteiger partial charge >= 0.3 is 0 Å². The first kappa shape index (κ1) is 14.6. The first-order valence-corrected chi connectivity index (χ1v) is 6.24. The van der Waals surface area contributed by atoms with Crippen molar-refractivity contribution < 1.29 is 13.9 Å². The molecule has 2 N–H and O–H groups in total. The summed E-state index contributed by atoms with van der Waals surface area (Å²) >= 11 is 0. The average Bonchev–Trinajstić information content (AvgIpc) is 2.75. The van der Waals surface area contributed by atoms with Crippen LogP contribution in [0.25, 0.3) is 0 Å². The van der Waals surface area contributed by atoms with E-state index < -0.39 is 17.2 Å². The Kier molecular flexibility index (Phi) is 4.15. The molecule has 2 aromatic rings. The van der Waals surface area contributed by atoms with Crippen LogP contribution in [0.5, 0.6) is 0 Å². The minimum Gasteiger partial charge on any atom is -0.384 e. The van der Waals surface area contributed by atoms with Gasteiger partial charge in [0.1, 0.15) is 17.2 Å². The lowest BCUT2D eigenvalue weighted by molar-refractivity contribution is 0.0566. The van der Waals surface area contributed by atoms with Gasteiger partial charge in [-0.25, -0.2) is 8.78 Å². The van der Waals surface area contributed by atoms with E-state index in [0.717, 1.165) is 6.07 Å². The quantitative estimate of drug-likeness (QED) is 0.877. The molecule has 2 rings (SSSR count). The number of benzene rings is 1. The second kappa shape index (κ2) is 5.68.